The van der Waals surface area contributed by atoms with E-state index in [1.165, 1.54) is 17.1 Å². The number of aryl methyl sites for hydroxylation is 1. The van der Waals surface area contributed by atoms with Crippen LogP contribution in [-0.4, -0.2) is 68.0 Å². The first kappa shape index (κ1) is 20.8. The zero-order valence-electron chi connectivity index (χ0n) is 16.9. The highest BCUT2D eigenvalue weighted by Gasteiger charge is 2.25. The molecule has 3 aromatic rings. The normalized spacial score (nSPS) is 14.4. The van der Waals surface area contributed by atoms with E-state index in [4.69, 9.17) is 16.0 Å². The number of amides is 2. The summed E-state index contributed by atoms with van der Waals surface area (Å²) in [6.45, 7) is 4.01. The van der Waals surface area contributed by atoms with Gasteiger partial charge in [-0.05, 0) is 53.6 Å². The molecule has 0 N–H and O–H groups in total. The van der Waals surface area contributed by atoms with Crippen LogP contribution in [0.3, 0.4) is 0 Å². The van der Waals surface area contributed by atoms with Gasteiger partial charge in [0.1, 0.15) is 0 Å². The maximum Gasteiger partial charge on any atom is 0.289 e. The number of hydrogen-bond donors (Lipinski definition) is 0. The van der Waals surface area contributed by atoms with Gasteiger partial charge in [0.15, 0.2) is 11.6 Å². The van der Waals surface area contributed by atoms with Crippen LogP contribution in [-0.2, 0) is 11.3 Å². The first-order valence-electron chi connectivity index (χ1n) is 9.82. The molecule has 1 saturated heterocycles. The number of benzene rings is 1. The summed E-state index contributed by atoms with van der Waals surface area (Å²) in [5.41, 5.74) is 1.72. The van der Waals surface area contributed by atoms with Crippen LogP contribution in [0.2, 0.25) is 5.02 Å². The van der Waals surface area contributed by atoms with E-state index >= 15 is 0 Å². The third-order valence-electron chi connectivity index (χ3n) is 4.99. The van der Waals surface area contributed by atoms with Crippen molar-refractivity contribution in [2.24, 2.45) is 0 Å². The van der Waals surface area contributed by atoms with Gasteiger partial charge in [0.2, 0.25) is 5.91 Å². The molecule has 0 unspecified atom stereocenters. The highest BCUT2D eigenvalue weighted by atomic mass is 35.5. The van der Waals surface area contributed by atoms with Crippen molar-refractivity contribution in [3.8, 4) is 0 Å². The topological polar surface area (TPSA) is 97.4 Å². The zero-order chi connectivity index (χ0) is 21.8. The summed E-state index contributed by atoms with van der Waals surface area (Å²) >= 11 is 6.15. The Labute approximate surface area is 183 Å². The van der Waals surface area contributed by atoms with Gasteiger partial charge in [-0.2, -0.15) is 4.80 Å². The van der Waals surface area contributed by atoms with Gasteiger partial charge in [-0.25, -0.2) is 0 Å². The maximum absolute atomic E-state index is 12.7. The quantitative estimate of drug-likeness (QED) is 0.564. The predicted molar refractivity (Wildman–Crippen MR) is 113 cm³/mol. The smallest absolute Gasteiger partial charge is 0.289 e. The number of hydrogen-bond acceptors (Lipinski definition) is 6. The fraction of sp³-hybridized carbons (Fsp3) is 0.286. The highest BCUT2D eigenvalue weighted by Crippen LogP contribution is 2.19. The van der Waals surface area contributed by atoms with Crippen molar-refractivity contribution in [2.75, 3.05) is 26.2 Å². The minimum absolute atomic E-state index is 0.110. The first-order valence-corrected chi connectivity index (χ1v) is 10.2. The van der Waals surface area contributed by atoms with Crippen LogP contribution in [0, 0.1) is 6.92 Å². The Bertz CT molecular complexity index is 1100. The van der Waals surface area contributed by atoms with Gasteiger partial charge in [-0.1, -0.05) is 17.7 Å². The summed E-state index contributed by atoms with van der Waals surface area (Å²) in [6.07, 6.45) is 4.78. The van der Waals surface area contributed by atoms with Crippen LogP contribution in [0.25, 0.3) is 6.08 Å². The molecule has 0 radical (unpaired) electrons. The molecule has 4 rings (SSSR count). The summed E-state index contributed by atoms with van der Waals surface area (Å²) in [5.74, 6) is 0.627. The number of nitrogens with zero attached hydrogens (tertiary/aromatic N) is 6. The monoisotopic (exact) mass is 440 g/mol. The van der Waals surface area contributed by atoms with Crippen LogP contribution < -0.4 is 0 Å². The second kappa shape index (κ2) is 9.13. The van der Waals surface area contributed by atoms with E-state index in [0.717, 1.165) is 11.1 Å². The molecular weight excluding hydrogens is 420 g/mol. The lowest BCUT2D eigenvalue weighted by Gasteiger charge is -2.33. The number of piperazine rings is 1. The first-order chi connectivity index (χ1) is 15.0. The fourth-order valence-electron chi connectivity index (χ4n) is 3.37. The van der Waals surface area contributed by atoms with Gasteiger partial charge in [-0.15, -0.1) is 10.2 Å². The number of aromatic nitrogens is 4. The molecule has 10 heteroatoms. The van der Waals surface area contributed by atoms with Gasteiger partial charge >= 0.3 is 0 Å². The minimum atomic E-state index is -0.157. The molecule has 2 aromatic heterocycles. The molecule has 3 heterocycles. The van der Waals surface area contributed by atoms with Crippen molar-refractivity contribution < 1.29 is 14.0 Å². The fourth-order valence-corrected chi connectivity index (χ4v) is 3.56. The molecule has 160 valence electrons. The number of rotatable bonds is 5. The molecule has 0 spiro atoms. The molecule has 0 bridgehead atoms. The Hall–Kier alpha value is -3.46. The predicted octanol–water partition coefficient (Wildman–Crippen LogP) is 2.27. The second-order valence-electron chi connectivity index (χ2n) is 7.14. The number of halogens is 1. The van der Waals surface area contributed by atoms with Gasteiger partial charge in [0.05, 0.1) is 12.8 Å². The summed E-state index contributed by atoms with van der Waals surface area (Å²) in [7, 11) is 0. The Morgan fingerprint density at radius 2 is 1.94 bits per heavy atom. The second-order valence-corrected chi connectivity index (χ2v) is 7.57. The average Bonchev–Trinajstić information content (AvgIpc) is 3.45. The van der Waals surface area contributed by atoms with E-state index in [-0.39, 0.29) is 11.8 Å². The molecule has 1 aliphatic heterocycles. The van der Waals surface area contributed by atoms with E-state index in [2.05, 4.69) is 15.4 Å². The van der Waals surface area contributed by atoms with E-state index in [1.807, 2.05) is 12.1 Å². The summed E-state index contributed by atoms with van der Waals surface area (Å²) < 4.78 is 5.17. The van der Waals surface area contributed by atoms with Gasteiger partial charge < -0.3 is 14.2 Å². The Kier molecular flexibility index (Phi) is 6.13. The molecule has 1 fully saturated rings. The molecule has 9 nitrogen and oxygen atoms in total. The van der Waals surface area contributed by atoms with E-state index < -0.39 is 0 Å². The zero-order valence-corrected chi connectivity index (χ0v) is 17.7. The van der Waals surface area contributed by atoms with Crippen molar-refractivity contribution in [1.82, 2.24) is 30.0 Å². The third kappa shape index (κ3) is 5.00. The summed E-state index contributed by atoms with van der Waals surface area (Å²) in [5, 5.41) is 12.6. The lowest BCUT2D eigenvalue weighted by molar-refractivity contribution is -0.127. The number of tetrazole rings is 1. The summed E-state index contributed by atoms with van der Waals surface area (Å²) in [4.78, 5) is 29.9. The van der Waals surface area contributed by atoms with Crippen LogP contribution in [0.5, 0.6) is 0 Å². The van der Waals surface area contributed by atoms with Crippen molar-refractivity contribution in [3.05, 3.63) is 70.4 Å². The molecule has 1 aliphatic rings. The maximum atomic E-state index is 12.7. The SMILES string of the molecule is Cc1nnn(Cc2cc(Cl)ccc2C=CC(=O)N2CCN(C(=O)c3ccco3)CC2)n1. The Morgan fingerprint density at radius 3 is 2.61 bits per heavy atom. The molecule has 2 amide bonds. The number of carbonyl (C=O) groups excluding carboxylic acids is 2. The van der Waals surface area contributed by atoms with E-state index in [1.54, 1.807) is 41.0 Å². The van der Waals surface area contributed by atoms with Crippen LogP contribution in [0.4, 0.5) is 0 Å². The molecule has 0 atom stereocenters. The molecule has 1 aromatic carbocycles. The molecular formula is C21H21ClN6O3. The van der Waals surface area contributed by atoms with Gasteiger partial charge in [-0.3, -0.25) is 9.59 Å². The average molecular weight is 441 g/mol. The van der Waals surface area contributed by atoms with Crippen molar-refractivity contribution in [3.63, 3.8) is 0 Å². The third-order valence-corrected chi connectivity index (χ3v) is 5.22. The Balaban J connectivity index is 1.39. The van der Waals surface area contributed by atoms with Crippen molar-refractivity contribution in [1.29, 1.82) is 0 Å². The Morgan fingerprint density at radius 1 is 1.16 bits per heavy atom. The highest BCUT2D eigenvalue weighted by molar-refractivity contribution is 6.30. The van der Waals surface area contributed by atoms with Gasteiger partial charge in [0.25, 0.3) is 5.91 Å². The minimum Gasteiger partial charge on any atom is -0.459 e. The van der Waals surface area contributed by atoms with Crippen molar-refractivity contribution >= 4 is 29.5 Å². The standard InChI is InChI=1S/C21H21ClN6O3/c1-15-23-25-28(24-15)14-17-13-18(22)6-4-16(17)5-7-20(29)26-8-10-27(11-9-26)21(30)19-3-2-12-31-19/h2-7,12-13H,8-11,14H2,1H3. The largest absolute Gasteiger partial charge is 0.459 e. The van der Waals surface area contributed by atoms with Gasteiger partial charge in [0, 0.05) is 37.3 Å². The van der Waals surface area contributed by atoms with E-state index in [9.17, 15) is 9.59 Å². The lowest BCUT2D eigenvalue weighted by Crippen LogP contribution is -2.50. The van der Waals surface area contributed by atoms with Crippen LogP contribution >= 0.6 is 11.6 Å². The molecule has 31 heavy (non-hydrogen) atoms. The van der Waals surface area contributed by atoms with Crippen molar-refractivity contribution in [2.45, 2.75) is 13.5 Å². The summed E-state index contributed by atoms with van der Waals surface area (Å²) in [6, 6.07) is 8.77. The lowest BCUT2D eigenvalue weighted by atomic mass is 10.1. The number of furan rings is 1. The van der Waals surface area contributed by atoms with Crippen LogP contribution in [0.15, 0.2) is 47.1 Å². The molecule has 0 saturated carbocycles. The van der Waals surface area contributed by atoms with E-state index in [0.29, 0.717) is 49.3 Å². The van der Waals surface area contributed by atoms with Crippen LogP contribution in [0.1, 0.15) is 27.5 Å². The molecule has 0 aliphatic carbocycles. The number of carbonyl (C=O) groups is 2.